The number of carbonyl (C=O) groups excluding carboxylic acids is 1. The van der Waals surface area contributed by atoms with Crippen molar-refractivity contribution in [3.63, 3.8) is 0 Å². The van der Waals surface area contributed by atoms with Crippen LogP contribution < -0.4 is 0 Å². The highest BCUT2D eigenvalue weighted by Gasteiger charge is 2.37. The van der Waals surface area contributed by atoms with Crippen LogP contribution in [0.1, 0.15) is 34.6 Å². The largest absolute Gasteiger partial charge is 0.396 e. The minimum atomic E-state index is -0.228. The van der Waals surface area contributed by atoms with Crippen molar-refractivity contribution in [3.8, 4) is 0 Å². The minimum Gasteiger partial charge on any atom is -0.396 e. The molecular formula is C14H22N2O3S. The Morgan fingerprint density at radius 2 is 2.45 bits per heavy atom. The first-order valence-electron chi connectivity index (χ1n) is 6.91. The molecule has 1 amide bonds. The average molecular weight is 298 g/mol. The number of rotatable bonds is 5. The Morgan fingerprint density at radius 3 is 3.05 bits per heavy atom. The van der Waals surface area contributed by atoms with Gasteiger partial charge in [-0.05, 0) is 26.2 Å². The Balaban J connectivity index is 2.09. The molecule has 1 aliphatic rings. The predicted molar refractivity (Wildman–Crippen MR) is 78.0 cm³/mol. The molecule has 112 valence electrons. The number of hydrogen-bond donors (Lipinski definition) is 1. The molecule has 20 heavy (non-hydrogen) atoms. The molecule has 2 rings (SSSR count). The van der Waals surface area contributed by atoms with E-state index in [9.17, 15) is 9.90 Å². The summed E-state index contributed by atoms with van der Waals surface area (Å²) in [4.78, 5) is 19.5. The van der Waals surface area contributed by atoms with Gasteiger partial charge in [0.25, 0.3) is 5.91 Å². The van der Waals surface area contributed by atoms with Crippen LogP contribution in [-0.2, 0) is 4.74 Å². The Hall–Kier alpha value is -0.980. The van der Waals surface area contributed by atoms with Crippen LogP contribution >= 0.6 is 11.3 Å². The van der Waals surface area contributed by atoms with Gasteiger partial charge in [0.15, 0.2) is 0 Å². The van der Waals surface area contributed by atoms with E-state index in [0.717, 1.165) is 30.7 Å². The third kappa shape index (κ3) is 3.19. The number of aliphatic hydroxyl groups is 1. The van der Waals surface area contributed by atoms with Crippen molar-refractivity contribution < 1.29 is 14.6 Å². The van der Waals surface area contributed by atoms with E-state index in [1.54, 1.807) is 12.6 Å². The number of thiazole rings is 1. The molecule has 1 atom stereocenters. The van der Waals surface area contributed by atoms with Gasteiger partial charge in [-0.1, -0.05) is 0 Å². The molecule has 1 N–H and O–H groups in total. The van der Waals surface area contributed by atoms with Crippen molar-refractivity contribution in [2.24, 2.45) is 5.41 Å². The van der Waals surface area contributed by atoms with Gasteiger partial charge in [-0.25, -0.2) is 4.98 Å². The number of hydrogen-bond acceptors (Lipinski definition) is 5. The maximum absolute atomic E-state index is 12.5. The van der Waals surface area contributed by atoms with Crippen LogP contribution in [0.3, 0.4) is 0 Å². The van der Waals surface area contributed by atoms with Gasteiger partial charge in [-0.2, -0.15) is 0 Å². The lowest BCUT2D eigenvalue weighted by Gasteiger charge is -2.41. The molecule has 0 aromatic carbocycles. The van der Waals surface area contributed by atoms with E-state index < -0.39 is 0 Å². The summed E-state index contributed by atoms with van der Waals surface area (Å²) in [6.07, 6.45) is 2.63. The molecule has 1 aliphatic heterocycles. The zero-order valence-corrected chi connectivity index (χ0v) is 12.9. The molecule has 2 heterocycles. The fraction of sp³-hybridized carbons (Fsp3) is 0.714. The molecule has 0 saturated carbocycles. The van der Waals surface area contributed by atoms with Gasteiger partial charge in [0.05, 0.1) is 12.1 Å². The topological polar surface area (TPSA) is 62.7 Å². The van der Waals surface area contributed by atoms with Gasteiger partial charge in [-0.15, -0.1) is 11.3 Å². The standard InChI is InChI=1S/C14H22N2O3S/c1-11-12(15-10-20-11)13(18)16-6-3-4-14(8-16,9-17)5-7-19-2/h10,17H,3-9H2,1-2H3. The lowest BCUT2D eigenvalue weighted by molar-refractivity contribution is 0.00874. The third-order valence-electron chi connectivity index (χ3n) is 4.07. The second-order valence-electron chi connectivity index (χ2n) is 5.49. The number of piperidine rings is 1. The number of likely N-dealkylation sites (tertiary alicyclic amines) is 1. The summed E-state index contributed by atoms with van der Waals surface area (Å²) in [5, 5.41) is 9.75. The summed E-state index contributed by atoms with van der Waals surface area (Å²) in [6, 6.07) is 0. The van der Waals surface area contributed by atoms with Crippen LogP contribution in [0.5, 0.6) is 0 Å². The molecule has 1 unspecified atom stereocenters. The van der Waals surface area contributed by atoms with Crippen LogP contribution in [0, 0.1) is 12.3 Å². The first-order valence-corrected chi connectivity index (χ1v) is 7.79. The highest BCUT2D eigenvalue weighted by molar-refractivity contribution is 7.09. The highest BCUT2D eigenvalue weighted by Crippen LogP contribution is 2.34. The first kappa shape index (κ1) is 15.4. The Morgan fingerprint density at radius 1 is 1.65 bits per heavy atom. The van der Waals surface area contributed by atoms with Crippen LogP contribution in [0.25, 0.3) is 0 Å². The number of aryl methyl sites for hydroxylation is 1. The Bertz CT molecular complexity index is 463. The molecule has 0 bridgehead atoms. The van der Waals surface area contributed by atoms with E-state index in [1.165, 1.54) is 11.3 Å². The predicted octanol–water partition coefficient (Wildman–Crippen LogP) is 1.70. The van der Waals surface area contributed by atoms with E-state index in [4.69, 9.17) is 4.74 Å². The number of aromatic nitrogens is 1. The van der Waals surface area contributed by atoms with E-state index >= 15 is 0 Å². The van der Waals surface area contributed by atoms with Crippen molar-refractivity contribution in [2.75, 3.05) is 33.4 Å². The van der Waals surface area contributed by atoms with E-state index in [0.29, 0.717) is 18.8 Å². The number of carbonyl (C=O) groups is 1. The second kappa shape index (κ2) is 6.65. The molecule has 1 saturated heterocycles. The maximum Gasteiger partial charge on any atom is 0.273 e. The monoisotopic (exact) mass is 298 g/mol. The van der Waals surface area contributed by atoms with Crippen LogP contribution in [-0.4, -0.2) is 54.3 Å². The fourth-order valence-electron chi connectivity index (χ4n) is 2.77. The lowest BCUT2D eigenvalue weighted by atomic mass is 9.78. The molecule has 5 nitrogen and oxygen atoms in total. The van der Waals surface area contributed by atoms with E-state index in [2.05, 4.69) is 4.98 Å². The molecule has 0 spiro atoms. The van der Waals surface area contributed by atoms with Gasteiger partial charge in [0.2, 0.25) is 0 Å². The quantitative estimate of drug-likeness (QED) is 0.899. The van der Waals surface area contributed by atoms with E-state index in [-0.39, 0.29) is 17.9 Å². The van der Waals surface area contributed by atoms with Gasteiger partial charge in [-0.3, -0.25) is 4.79 Å². The maximum atomic E-state index is 12.5. The highest BCUT2D eigenvalue weighted by atomic mass is 32.1. The van der Waals surface area contributed by atoms with Crippen molar-refractivity contribution in [3.05, 3.63) is 16.1 Å². The zero-order chi connectivity index (χ0) is 14.6. The second-order valence-corrected chi connectivity index (χ2v) is 6.55. The Labute approximate surface area is 123 Å². The van der Waals surface area contributed by atoms with Gasteiger partial charge in [0, 0.05) is 37.1 Å². The third-order valence-corrected chi connectivity index (χ3v) is 4.83. The molecule has 1 aromatic rings. The van der Waals surface area contributed by atoms with E-state index in [1.807, 2.05) is 11.8 Å². The lowest BCUT2D eigenvalue weighted by Crippen LogP contribution is -2.48. The number of ether oxygens (including phenoxy) is 1. The van der Waals surface area contributed by atoms with Gasteiger partial charge in [0.1, 0.15) is 5.69 Å². The van der Waals surface area contributed by atoms with Crippen molar-refractivity contribution in [1.29, 1.82) is 0 Å². The molecule has 1 fully saturated rings. The molecule has 0 radical (unpaired) electrons. The van der Waals surface area contributed by atoms with Crippen LogP contribution in [0.15, 0.2) is 5.51 Å². The average Bonchev–Trinajstić information content (AvgIpc) is 2.90. The van der Waals surface area contributed by atoms with Crippen molar-refractivity contribution in [2.45, 2.75) is 26.2 Å². The minimum absolute atomic E-state index is 0.0151. The van der Waals surface area contributed by atoms with Crippen LogP contribution in [0.4, 0.5) is 0 Å². The molecule has 0 aliphatic carbocycles. The zero-order valence-electron chi connectivity index (χ0n) is 12.1. The van der Waals surface area contributed by atoms with Crippen molar-refractivity contribution >= 4 is 17.2 Å². The van der Waals surface area contributed by atoms with Crippen molar-refractivity contribution in [1.82, 2.24) is 9.88 Å². The first-order chi connectivity index (χ1) is 9.62. The summed E-state index contributed by atoms with van der Waals surface area (Å²) in [6.45, 7) is 3.95. The number of methoxy groups -OCH3 is 1. The van der Waals surface area contributed by atoms with Crippen LogP contribution in [0.2, 0.25) is 0 Å². The summed E-state index contributed by atoms with van der Waals surface area (Å²) in [7, 11) is 1.66. The smallest absolute Gasteiger partial charge is 0.273 e. The number of nitrogens with zero attached hydrogens (tertiary/aromatic N) is 2. The number of aliphatic hydroxyl groups excluding tert-OH is 1. The fourth-order valence-corrected chi connectivity index (χ4v) is 3.34. The summed E-state index contributed by atoms with van der Waals surface area (Å²) < 4.78 is 5.13. The summed E-state index contributed by atoms with van der Waals surface area (Å²) in [5.74, 6) is -0.0151. The molecular weight excluding hydrogens is 276 g/mol. The normalized spacial score (nSPS) is 23.1. The summed E-state index contributed by atoms with van der Waals surface area (Å²) >= 11 is 1.49. The SMILES string of the molecule is COCCC1(CO)CCCN(C(=O)c2ncsc2C)C1. The molecule has 1 aromatic heterocycles. The Kier molecular flexibility index (Phi) is 5.12. The van der Waals surface area contributed by atoms with Gasteiger partial charge >= 0.3 is 0 Å². The van der Waals surface area contributed by atoms with Gasteiger partial charge < -0.3 is 14.7 Å². The summed E-state index contributed by atoms with van der Waals surface area (Å²) in [5.41, 5.74) is 2.03. The molecule has 6 heteroatoms. The number of amides is 1.